The van der Waals surface area contributed by atoms with E-state index in [0.717, 1.165) is 12.0 Å². The first-order chi connectivity index (χ1) is 9.02. The zero-order valence-electron chi connectivity index (χ0n) is 10.7. The molecule has 0 spiro atoms. The van der Waals surface area contributed by atoms with Gasteiger partial charge in [0.05, 0.1) is 5.92 Å². The summed E-state index contributed by atoms with van der Waals surface area (Å²) >= 11 is 0. The Morgan fingerprint density at radius 1 is 1.16 bits per heavy atom. The van der Waals surface area contributed by atoms with Crippen molar-refractivity contribution in [1.82, 2.24) is 5.43 Å². The van der Waals surface area contributed by atoms with Gasteiger partial charge in [-0.25, -0.2) is 0 Å². The van der Waals surface area contributed by atoms with Gasteiger partial charge in [0.15, 0.2) is 0 Å². The van der Waals surface area contributed by atoms with Crippen LogP contribution in [0.3, 0.4) is 0 Å². The quantitative estimate of drug-likeness (QED) is 0.652. The molecule has 2 rings (SSSR count). The number of nitrogens with two attached hydrogens (primary N) is 1. The van der Waals surface area contributed by atoms with E-state index in [1.54, 1.807) is 0 Å². The van der Waals surface area contributed by atoms with Gasteiger partial charge >= 0.3 is 6.18 Å². The molecule has 0 heterocycles. The normalized spacial score (nSPS) is 26.1. The van der Waals surface area contributed by atoms with Crippen LogP contribution in [0.5, 0.6) is 0 Å². The molecule has 1 saturated carbocycles. The van der Waals surface area contributed by atoms with Crippen molar-refractivity contribution in [3.8, 4) is 0 Å². The summed E-state index contributed by atoms with van der Waals surface area (Å²) in [6.07, 6.45) is -2.29. The highest BCUT2D eigenvalue weighted by Crippen LogP contribution is 2.43. The molecule has 3 unspecified atom stereocenters. The lowest BCUT2D eigenvalue weighted by Gasteiger charge is -2.35. The summed E-state index contributed by atoms with van der Waals surface area (Å²) in [6.45, 7) is 0. The minimum absolute atomic E-state index is 0.0622. The van der Waals surface area contributed by atoms with E-state index in [1.807, 2.05) is 30.3 Å². The van der Waals surface area contributed by atoms with Crippen LogP contribution in [0, 0.1) is 11.8 Å². The zero-order valence-corrected chi connectivity index (χ0v) is 10.7. The van der Waals surface area contributed by atoms with Crippen molar-refractivity contribution in [2.75, 3.05) is 0 Å². The van der Waals surface area contributed by atoms with Crippen LogP contribution in [-0.4, -0.2) is 6.18 Å². The predicted molar refractivity (Wildman–Crippen MR) is 68.0 cm³/mol. The van der Waals surface area contributed by atoms with E-state index in [1.165, 1.54) is 0 Å². The lowest BCUT2D eigenvalue weighted by Crippen LogP contribution is -2.38. The van der Waals surface area contributed by atoms with E-state index >= 15 is 0 Å². The summed E-state index contributed by atoms with van der Waals surface area (Å²) in [5, 5.41) is 0. The van der Waals surface area contributed by atoms with Crippen LogP contribution in [-0.2, 0) is 0 Å². The molecule has 0 aromatic heterocycles. The average molecular weight is 272 g/mol. The lowest BCUT2D eigenvalue weighted by molar-refractivity contribution is -0.186. The van der Waals surface area contributed by atoms with Crippen LogP contribution in [0.25, 0.3) is 0 Å². The Balaban J connectivity index is 2.11. The van der Waals surface area contributed by atoms with Gasteiger partial charge in [0, 0.05) is 6.04 Å². The largest absolute Gasteiger partial charge is 0.391 e. The average Bonchev–Trinajstić information content (AvgIpc) is 2.40. The maximum atomic E-state index is 12.8. The summed E-state index contributed by atoms with van der Waals surface area (Å²) in [7, 11) is 0. The molecule has 1 aromatic rings. The number of benzene rings is 1. The van der Waals surface area contributed by atoms with Crippen LogP contribution in [0.2, 0.25) is 0 Å². The molecular weight excluding hydrogens is 253 g/mol. The Kier molecular flexibility index (Phi) is 4.47. The Morgan fingerprint density at radius 2 is 1.84 bits per heavy atom. The van der Waals surface area contributed by atoms with Crippen molar-refractivity contribution in [3.05, 3.63) is 35.9 Å². The van der Waals surface area contributed by atoms with Gasteiger partial charge in [-0.15, -0.1) is 0 Å². The molecule has 0 saturated heterocycles. The Morgan fingerprint density at radius 3 is 2.42 bits per heavy atom. The number of hydrogen-bond acceptors (Lipinski definition) is 2. The van der Waals surface area contributed by atoms with Gasteiger partial charge in [-0.2, -0.15) is 13.2 Å². The third-order valence-electron chi connectivity index (χ3n) is 3.99. The van der Waals surface area contributed by atoms with Crippen molar-refractivity contribution < 1.29 is 13.2 Å². The van der Waals surface area contributed by atoms with Gasteiger partial charge in [-0.1, -0.05) is 36.8 Å². The third-order valence-corrected chi connectivity index (χ3v) is 3.99. The standard InChI is InChI=1S/C14H19F3N2/c15-14(16,17)12-8-4-7-11(9-12)13(19-18)10-5-2-1-3-6-10/h1-3,5-6,11-13,19H,4,7-9,18H2. The van der Waals surface area contributed by atoms with Crippen LogP contribution < -0.4 is 11.3 Å². The van der Waals surface area contributed by atoms with Crippen LogP contribution in [0.4, 0.5) is 13.2 Å². The van der Waals surface area contributed by atoms with Crippen molar-refractivity contribution >= 4 is 0 Å². The van der Waals surface area contributed by atoms with E-state index < -0.39 is 12.1 Å². The third kappa shape index (κ3) is 3.48. The number of halogens is 3. The molecule has 0 aliphatic heterocycles. The molecule has 106 valence electrons. The zero-order chi connectivity index (χ0) is 13.9. The van der Waals surface area contributed by atoms with E-state index in [2.05, 4.69) is 5.43 Å². The summed E-state index contributed by atoms with van der Waals surface area (Å²) in [5.41, 5.74) is 3.65. The van der Waals surface area contributed by atoms with Crippen LogP contribution in [0.15, 0.2) is 30.3 Å². The molecule has 1 fully saturated rings. The highest BCUT2D eigenvalue weighted by molar-refractivity contribution is 5.19. The molecule has 0 bridgehead atoms. The van der Waals surface area contributed by atoms with Gasteiger partial charge in [0.1, 0.15) is 0 Å². The Hall–Kier alpha value is -1.07. The van der Waals surface area contributed by atoms with Gasteiger partial charge < -0.3 is 0 Å². The monoisotopic (exact) mass is 272 g/mol. The number of hydrogen-bond donors (Lipinski definition) is 2. The Bertz CT molecular complexity index is 391. The number of nitrogens with one attached hydrogen (secondary N) is 1. The minimum Gasteiger partial charge on any atom is -0.271 e. The molecule has 19 heavy (non-hydrogen) atoms. The maximum Gasteiger partial charge on any atom is 0.391 e. The minimum atomic E-state index is -4.09. The van der Waals surface area contributed by atoms with Crippen LogP contribution >= 0.6 is 0 Å². The van der Waals surface area contributed by atoms with Crippen molar-refractivity contribution in [2.45, 2.75) is 37.9 Å². The fourth-order valence-corrected chi connectivity index (χ4v) is 2.99. The van der Waals surface area contributed by atoms with Gasteiger partial charge in [-0.3, -0.25) is 11.3 Å². The first kappa shape index (κ1) is 14.3. The number of alkyl halides is 3. The van der Waals surface area contributed by atoms with E-state index in [-0.39, 0.29) is 24.8 Å². The molecule has 5 heteroatoms. The predicted octanol–water partition coefficient (Wildman–Crippen LogP) is 3.56. The fourth-order valence-electron chi connectivity index (χ4n) is 2.99. The smallest absolute Gasteiger partial charge is 0.271 e. The number of rotatable bonds is 3. The summed E-state index contributed by atoms with van der Waals surface area (Å²) < 4.78 is 38.5. The molecule has 3 N–H and O–H groups in total. The van der Waals surface area contributed by atoms with E-state index in [0.29, 0.717) is 6.42 Å². The van der Waals surface area contributed by atoms with Crippen molar-refractivity contribution in [3.63, 3.8) is 0 Å². The first-order valence-corrected chi connectivity index (χ1v) is 6.60. The van der Waals surface area contributed by atoms with E-state index in [4.69, 9.17) is 5.84 Å². The van der Waals surface area contributed by atoms with Gasteiger partial charge in [0.2, 0.25) is 0 Å². The maximum absolute atomic E-state index is 12.8. The molecule has 1 aliphatic rings. The highest BCUT2D eigenvalue weighted by Gasteiger charge is 2.43. The molecule has 0 amide bonds. The second kappa shape index (κ2) is 5.92. The highest BCUT2D eigenvalue weighted by atomic mass is 19.4. The second-order valence-corrected chi connectivity index (χ2v) is 5.22. The van der Waals surface area contributed by atoms with Crippen LogP contribution in [0.1, 0.15) is 37.3 Å². The molecule has 1 aromatic carbocycles. The summed E-state index contributed by atoms with van der Waals surface area (Å²) in [6, 6.07) is 9.25. The molecule has 1 aliphatic carbocycles. The molecule has 3 atom stereocenters. The fraction of sp³-hybridized carbons (Fsp3) is 0.571. The molecule has 0 radical (unpaired) electrons. The number of hydrazine groups is 1. The topological polar surface area (TPSA) is 38.0 Å². The van der Waals surface area contributed by atoms with Crippen molar-refractivity contribution in [2.24, 2.45) is 17.7 Å². The first-order valence-electron chi connectivity index (χ1n) is 6.60. The van der Waals surface area contributed by atoms with Gasteiger partial charge in [-0.05, 0) is 30.7 Å². The summed E-state index contributed by atoms with van der Waals surface area (Å²) in [4.78, 5) is 0. The lowest BCUT2D eigenvalue weighted by atomic mass is 9.76. The SMILES string of the molecule is NNC(c1ccccc1)C1CCCC(C(F)(F)F)C1. The second-order valence-electron chi connectivity index (χ2n) is 5.22. The molecule has 2 nitrogen and oxygen atoms in total. The summed E-state index contributed by atoms with van der Waals surface area (Å²) in [5.74, 6) is 4.31. The van der Waals surface area contributed by atoms with E-state index in [9.17, 15) is 13.2 Å². The molecular formula is C14H19F3N2. The van der Waals surface area contributed by atoms with Gasteiger partial charge in [0.25, 0.3) is 0 Å². The Labute approximate surface area is 111 Å². The van der Waals surface area contributed by atoms with Crippen molar-refractivity contribution in [1.29, 1.82) is 0 Å².